The Balaban J connectivity index is 1.88. The van der Waals surface area contributed by atoms with Crippen LogP contribution in [0.4, 0.5) is 4.39 Å². The molecule has 2 nitrogen and oxygen atoms in total. The van der Waals surface area contributed by atoms with E-state index in [0.29, 0.717) is 23.2 Å². The van der Waals surface area contributed by atoms with Crippen LogP contribution in [0.3, 0.4) is 0 Å². The van der Waals surface area contributed by atoms with Gasteiger partial charge in [0, 0.05) is 23.2 Å². The second-order valence-corrected chi connectivity index (χ2v) is 4.58. The molecule has 0 aliphatic carbocycles. The predicted molar refractivity (Wildman–Crippen MR) is 64.1 cm³/mol. The van der Waals surface area contributed by atoms with Crippen molar-refractivity contribution in [1.82, 2.24) is 10.6 Å². The Bertz CT molecular complexity index is 351. The van der Waals surface area contributed by atoms with Gasteiger partial charge in [-0.25, -0.2) is 4.39 Å². The van der Waals surface area contributed by atoms with E-state index >= 15 is 0 Å². The van der Waals surface area contributed by atoms with Crippen molar-refractivity contribution in [3.63, 3.8) is 0 Å². The third kappa shape index (κ3) is 3.17. The standard InChI is InChI=1S/C12H16ClFN2/c13-10-2-1-9(12(14)7-10)8-16-11-3-5-15-6-4-11/h1-2,7,11,15-16H,3-6,8H2. The quantitative estimate of drug-likeness (QED) is 0.850. The van der Waals surface area contributed by atoms with Crippen molar-refractivity contribution in [3.05, 3.63) is 34.6 Å². The van der Waals surface area contributed by atoms with Crippen molar-refractivity contribution >= 4 is 11.6 Å². The molecule has 0 amide bonds. The van der Waals surface area contributed by atoms with E-state index in [2.05, 4.69) is 10.6 Å². The Morgan fingerprint density at radius 3 is 2.81 bits per heavy atom. The highest BCUT2D eigenvalue weighted by molar-refractivity contribution is 6.30. The lowest BCUT2D eigenvalue weighted by atomic mass is 10.1. The van der Waals surface area contributed by atoms with Crippen LogP contribution in [0, 0.1) is 5.82 Å². The minimum absolute atomic E-state index is 0.228. The molecule has 4 heteroatoms. The van der Waals surface area contributed by atoms with E-state index in [4.69, 9.17) is 11.6 Å². The summed E-state index contributed by atoms with van der Waals surface area (Å²) in [5.41, 5.74) is 0.683. The first kappa shape index (κ1) is 11.8. The second-order valence-electron chi connectivity index (χ2n) is 4.14. The minimum Gasteiger partial charge on any atom is -0.317 e. The van der Waals surface area contributed by atoms with Gasteiger partial charge in [0.25, 0.3) is 0 Å². The topological polar surface area (TPSA) is 24.1 Å². The molecule has 1 heterocycles. The number of nitrogens with one attached hydrogen (secondary N) is 2. The third-order valence-electron chi connectivity index (χ3n) is 2.94. The second kappa shape index (κ2) is 5.62. The molecule has 0 radical (unpaired) electrons. The zero-order valence-corrected chi connectivity index (χ0v) is 9.86. The molecule has 0 aromatic heterocycles. The highest BCUT2D eigenvalue weighted by Gasteiger charge is 2.12. The van der Waals surface area contributed by atoms with E-state index in [9.17, 15) is 4.39 Å². The molecule has 0 spiro atoms. The number of hydrogen-bond acceptors (Lipinski definition) is 2. The van der Waals surface area contributed by atoms with Crippen LogP contribution < -0.4 is 10.6 Å². The minimum atomic E-state index is -0.228. The zero-order chi connectivity index (χ0) is 11.4. The lowest BCUT2D eigenvalue weighted by molar-refractivity contribution is 0.384. The van der Waals surface area contributed by atoms with Crippen LogP contribution in [-0.2, 0) is 6.54 Å². The average molecular weight is 243 g/mol. The molecule has 1 aliphatic rings. The number of rotatable bonds is 3. The molecule has 88 valence electrons. The normalized spacial score (nSPS) is 17.6. The fourth-order valence-electron chi connectivity index (χ4n) is 1.95. The third-order valence-corrected chi connectivity index (χ3v) is 3.17. The predicted octanol–water partition coefficient (Wildman–Crippen LogP) is 2.32. The van der Waals surface area contributed by atoms with Crippen LogP contribution in [0.5, 0.6) is 0 Å². The molecular formula is C12H16ClFN2. The van der Waals surface area contributed by atoms with Gasteiger partial charge in [0.05, 0.1) is 0 Å². The van der Waals surface area contributed by atoms with Gasteiger partial charge in [-0.1, -0.05) is 17.7 Å². The Morgan fingerprint density at radius 1 is 1.38 bits per heavy atom. The van der Waals surface area contributed by atoms with Crippen molar-refractivity contribution in [2.24, 2.45) is 0 Å². The van der Waals surface area contributed by atoms with Crippen molar-refractivity contribution in [3.8, 4) is 0 Å². The maximum atomic E-state index is 13.5. The SMILES string of the molecule is Fc1cc(Cl)ccc1CNC1CCNCC1. The van der Waals surface area contributed by atoms with E-state index in [1.807, 2.05) is 0 Å². The maximum Gasteiger partial charge on any atom is 0.129 e. The van der Waals surface area contributed by atoms with Crippen molar-refractivity contribution in [2.45, 2.75) is 25.4 Å². The maximum absolute atomic E-state index is 13.5. The Morgan fingerprint density at radius 2 is 2.12 bits per heavy atom. The highest BCUT2D eigenvalue weighted by atomic mass is 35.5. The first-order valence-electron chi connectivity index (χ1n) is 5.64. The van der Waals surface area contributed by atoms with Crippen LogP contribution in [0.25, 0.3) is 0 Å². The van der Waals surface area contributed by atoms with Gasteiger partial charge in [-0.3, -0.25) is 0 Å². The summed E-state index contributed by atoms with van der Waals surface area (Å²) in [6.07, 6.45) is 2.21. The van der Waals surface area contributed by atoms with E-state index < -0.39 is 0 Å². The van der Waals surface area contributed by atoms with Gasteiger partial charge >= 0.3 is 0 Å². The average Bonchev–Trinajstić information content (AvgIpc) is 2.29. The smallest absolute Gasteiger partial charge is 0.129 e. The first-order chi connectivity index (χ1) is 7.75. The van der Waals surface area contributed by atoms with Crippen LogP contribution in [-0.4, -0.2) is 19.1 Å². The number of benzene rings is 1. The summed E-state index contributed by atoms with van der Waals surface area (Å²) in [7, 11) is 0. The van der Waals surface area contributed by atoms with Gasteiger partial charge in [0.1, 0.15) is 5.82 Å². The Kier molecular flexibility index (Phi) is 4.16. The molecule has 0 atom stereocenters. The molecular weight excluding hydrogens is 227 g/mol. The molecule has 1 aliphatic heterocycles. The number of hydrogen-bond donors (Lipinski definition) is 2. The molecule has 0 saturated carbocycles. The summed E-state index contributed by atoms with van der Waals surface area (Å²) < 4.78 is 13.5. The fraction of sp³-hybridized carbons (Fsp3) is 0.500. The van der Waals surface area contributed by atoms with E-state index in [-0.39, 0.29) is 5.82 Å². The Hall–Kier alpha value is -0.640. The van der Waals surface area contributed by atoms with E-state index in [1.165, 1.54) is 6.07 Å². The van der Waals surface area contributed by atoms with Crippen molar-refractivity contribution < 1.29 is 4.39 Å². The summed E-state index contributed by atoms with van der Waals surface area (Å²) in [5, 5.41) is 7.12. The summed E-state index contributed by atoms with van der Waals surface area (Å²) in [4.78, 5) is 0. The van der Waals surface area contributed by atoms with Crippen molar-refractivity contribution in [2.75, 3.05) is 13.1 Å². The molecule has 2 rings (SSSR count). The van der Waals surface area contributed by atoms with Gasteiger partial charge in [0.15, 0.2) is 0 Å². The van der Waals surface area contributed by atoms with Gasteiger partial charge < -0.3 is 10.6 Å². The summed E-state index contributed by atoms with van der Waals surface area (Å²) in [6.45, 7) is 2.66. The van der Waals surface area contributed by atoms with Crippen LogP contribution in [0.2, 0.25) is 5.02 Å². The summed E-state index contributed by atoms with van der Waals surface area (Å²) in [5.74, 6) is -0.228. The van der Waals surface area contributed by atoms with Crippen molar-refractivity contribution in [1.29, 1.82) is 0 Å². The van der Waals surface area contributed by atoms with Crippen LogP contribution >= 0.6 is 11.6 Å². The van der Waals surface area contributed by atoms with Crippen LogP contribution in [0.1, 0.15) is 18.4 Å². The lowest BCUT2D eigenvalue weighted by Crippen LogP contribution is -2.39. The molecule has 0 bridgehead atoms. The monoisotopic (exact) mass is 242 g/mol. The highest BCUT2D eigenvalue weighted by Crippen LogP contribution is 2.15. The molecule has 16 heavy (non-hydrogen) atoms. The number of piperidine rings is 1. The van der Waals surface area contributed by atoms with Crippen LogP contribution in [0.15, 0.2) is 18.2 Å². The molecule has 1 aromatic carbocycles. The van der Waals surface area contributed by atoms with Gasteiger partial charge in [-0.05, 0) is 38.1 Å². The summed E-state index contributed by atoms with van der Waals surface area (Å²) in [6, 6.07) is 5.33. The largest absolute Gasteiger partial charge is 0.317 e. The van der Waals surface area contributed by atoms with Gasteiger partial charge in [-0.15, -0.1) is 0 Å². The first-order valence-corrected chi connectivity index (χ1v) is 6.01. The molecule has 1 saturated heterocycles. The summed E-state index contributed by atoms with van der Waals surface area (Å²) >= 11 is 5.70. The van der Waals surface area contributed by atoms with Gasteiger partial charge in [0.2, 0.25) is 0 Å². The van der Waals surface area contributed by atoms with E-state index in [1.54, 1.807) is 12.1 Å². The zero-order valence-electron chi connectivity index (χ0n) is 9.10. The molecule has 1 aromatic rings. The molecule has 0 unspecified atom stereocenters. The lowest BCUT2D eigenvalue weighted by Gasteiger charge is -2.23. The fourth-order valence-corrected chi connectivity index (χ4v) is 2.10. The Labute approximate surface area is 100 Å². The van der Waals surface area contributed by atoms with Gasteiger partial charge in [-0.2, -0.15) is 0 Å². The van der Waals surface area contributed by atoms with E-state index in [0.717, 1.165) is 25.9 Å². The molecule has 1 fully saturated rings. The molecule has 2 N–H and O–H groups in total. The number of halogens is 2.